The van der Waals surface area contributed by atoms with Crippen LogP contribution >= 0.6 is 11.6 Å². The van der Waals surface area contributed by atoms with Gasteiger partial charge in [-0.2, -0.15) is 5.10 Å². The second-order valence-corrected chi connectivity index (χ2v) is 6.58. The molecule has 4 heteroatoms. The molecule has 1 aromatic heterocycles. The lowest BCUT2D eigenvalue weighted by molar-refractivity contribution is 0.127. The Labute approximate surface area is 115 Å². The summed E-state index contributed by atoms with van der Waals surface area (Å²) in [5.41, 5.74) is 6.41. The molecule has 0 amide bonds. The fourth-order valence-corrected chi connectivity index (χ4v) is 3.16. The van der Waals surface area contributed by atoms with Crippen molar-refractivity contribution in [2.75, 3.05) is 5.73 Å². The highest BCUT2D eigenvalue weighted by Crippen LogP contribution is 2.43. The molecule has 1 aliphatic carbocycles. The second kappa shape index (κ2) is 5.12. The maximum absolute atomic E-state index is 5.96. The van der Waals surface area contributed by atoms with E-state index in [2.05, 4.69) is 25.9 Å². The summed E-state index contributed by atoms with van der Waals surface area (Å²) in [6, 6.07) is 0.432. The number of halogens is 1. The number of nitrogens with zero attached hydrogens (tertiary/aromatic N) is 2. The van der Waals surface area contributed by atoms with Crippen molar-refractivity contribution >= 4 is 17.4 Å². The van der Waals surface area contributed by atoms with Gasteiger partial charge in [-0.3, -0.25) is 0 Å². The first-order valence-electron chi connectivity index (χ1n) is 6.94. The van der Waals surface area contributed by atoms with Crippen LogP contribution in [0.1, 0.15) is 58.9 Å². The van der Waals surface area contributed by atoms with Gasteiger partial charge in [-0.05, 0) is 37.0 Å². The van der Waals surface area contributed by atoms with Gasteiger partial charge in [0.2, 0.25) is 0 Å². The third-order valence-electron chi connectivity index (χ3n) is 4.85. The summed E-state index contributed by atoms with van der Waals surface area (Å²) in [7, 11) is 0. The Morgan fingerprint density at radius 2 is 2.00 bits per heavy atom. The van der Waals surface area contributed by atoms with Crippen LogP contribution in [0.3, 0.4) is 0 Å². The zero-order valence-electron chi connectivity index (χ0n) is 11.6. The molecule has 0 bridgehead atoms. The predicted octanol–water partition coefficient (Wildman–Crippen LogP) is 4.29. The minimum absolute atomic E-state index is 0.432. The molecule has 0 radical (unpaired) electrons. The number of aromatic nitrogens is 2. The van der Waals surface area contributed by atoms with E-state index >= 15 is 0 Å². The third-order valence-corrected chi connectivity index (χ3v) is 5.14. The largest absolute Gasteiger partial charge is 0.383 e. The summed E-state index contributed by atoms with van der Waals surface area (Å²) >= 11 is 5.96. The molecule has 0 aliphatic heterocycles. The Morgan fingerprint density at radius 3 is 2.44 bits per heavy atom. The Bertz CT molecular complexity index is 403. The number of rotatable bonds is 3. The van der Waals surface area contributed by atoms with Crippen LogP contribution < -0.4 is 5.73 Å². The molecule has 1 heterocycles. The van der Waals surface area contributed by atoms with E-state index in [1.807, 2.05) is 4.68 Å². The van der Waals surface area contributed by atoms with Crippen molar-refractivity contribution in [3.8, 4) is 0 Å². The number of hydrogen-bond donors (Lipinski definition) is 1. The van der Waals surface area contributed by atoms with Crippen LogP contribution in [0.5, 0.6) is 0 Å². The van der Waals surface area contributed by atoms with Gasteiger partial charge in [0, 0.05) is 0 Å². The van der Waals surface area contributed by atoms with E-state index < -0.39 is 0 Å². The molecule has 102 valence electrons. The average Bonchev–Trinajstić information content (AvgIpc) is 2.70. The van der Waals surface area contributed by atoms with Gasteiger partial charge in [-0.1, -0.05) is 38.8 Å². The minimum Gasteiger partial charge on any atom is -0.383 e. The zero-order valence-corrected chi connectivity index (χ0v) is 12.4. The molecule has 0 unspecified atom stereocenters. The molecular weight excluding hydrogens is 246 g/mol. The number of nitrogen functional groups attached to an aromatic ring is 1. The van der Waals surface area contributed by atoms with Crippen LogP contribution in [0.25, 0.3) is 0 Å². The van der Waals surface area contributed by atoms with Crippen LogP contribution in [-0.4, -0.2) is 9.78 Å². The van der Waals surface area contributed by atoms with Crippen molar-refractivity contribution in [2.45, 2.75) is 58.9 Å². The van der Waals surface area contributed by atoms with Gasteiger partial charge in [0.05, 0.1) is 12.2 Å². The molecular formula is C14H24ClN3. The molecule has 3 nitrogen and oxygen atoms in total. The zero-order chi connectivity index (χ0) is 13.3. The number of anilines is 1. The van der Waals surface area contributed by atoms with Crippen LogP contribution in [0, 0.1) is 11.3 Å². The Balaban J connectivity index is 2.01. The SMILES string of the molecule is CCC(C)(C)C1CCC(n2ncc(Cl)c2N)CC1. The Kier molecular flexibility index (Phi) is 3.90. The standard InChI is InChI=1S/C14H24ClN3/c1-4-14(2,3)10-5-7-11(8-6-10)18-13(16)12(15)9-17-18/h9-11H,4-8,16H2,1-3H3. The average molecular weight is 270 g/mol. The molecule has 0 spiro atoms. The molecule has 1 fully saturated rings. The topological polar surface area (TPSA) is 43.8 Å². The minimum atomic E-state index is 0.432. The summed E-state index contributed by atoms with van der Waals surface area (Å²) in [5, 5.41) is 4.88. The van der Waals surface area contributed by atoms with Gasteiger partial charge in [0.25, 0.3) is 0 Å². The summed E-state index contributed by atoms with van der Waals surface area (Å²) in [6.45, 7) is 7.06. The lowest BCUT2D eigenvalue weighted by Crippen LogP contribution is -2.29. The van der Waals surface area contributed by atoms with E-state index in [1.165, 1.54) is 19.3 Å². The highest BCUT2D eigenvalue weighted by molar-refractivity contribution is 6.32. The van der Waals surface area contributed by atoms with Crippen molar-refractivity contribution in [2.24, 2.45) is 11.3 Å². The van der Waals surface area contributed by atoms with Gasteiger partial charge in [-0.25, -0.2) is 4.68 Å². The first-order chi connectivity index (χ1) is 8.45. The second-order valence-electron chi connectivity index (χ2n) is 6.17. The van der Waals surface area contributed by atoms with Crippen LogP contribution in [-0.2, 0) is 0 Å². The van der Waals surface area contributed by atoms with Crippen molar-refractivity contribution in [1.82, 2.24) is 9.78 Å². The van der Waals surface area contributed by atoms with Crippen LogP contribution in [0.4, 0.5) is 5.82 Å². The van der Waals surface area contributed by atoms with Gasteiger partial charge in [0.1, 0.15) is 10.8 Å². The Hall–Kier alpha value is -0.700. The molecule has 2 rings (SSSR count). The summed E-state index contributed by atoms with van der Waals surface area (Å²) < 4.78 is 1.91. The molecule has 0 saturated heterocycles. The number of hydrogen-bond acceptors (Lipinski definition) is 2. The quantitative estimate of drug-likeness (QED) is 0.890. The first-order valence-corrected chi connectivity index (χ1v) is 7.32. The van der Waals surface area contributed by atoms with Crippen LogP contribution in [0.2, 0.25) is 5.02 Å². The fraction of sp³-hybridized carbons (Fsp3) is 0.786. The highest BCUT2D eigenvalue weighted by atomic mass is 35.5. The Morgan fingerprint density at radius 1 is 1.39 bits per heavy atom. The molecule has 0 atom stereocenters. The van der Waals surface area contributed by atoms with Gasteiger partial charge in [0.15, 0.2) is 0 Å². The summed E-state index contributed by atoms with van der Waals surface area (Å²) in [6.07, 6.45) is 7.76. The lowest BCUT2D eigenvalue weighted by atomic mass is 9.69. The lowest BCUT2D eigenvalue weighted by Gasteiger charge is -2.39. The summed E-state index contributed by atoms with van der Waals surface area (Å²) in [4.78, 5) is 0. The van der Waals surface area contributed by atoms with E-state index in [1.54, 1.807) is 6.20 Å². The smallest absolute Gasteiger partial charge is 0.140 e. The third kappa shape index (κ3) is 2.51. The van der Waals surface area contributed by atoms with E-state index in [9.17, 15) is 0 Å². The number of nitrogens with two attached hydrogens (primary N) is 1. The van der Waals surface area contributed by atoms with Crippen molar-refractivity contribution < 1.29 is 0 Å². The van der Waals surface area contributed by atoms with Gasteiger partial charge >= 0.3 is 0 Å². The normalized spacial score (nSPS) is 25.3. The van der Waals surface area contributed by atoms with E-state index in [-0.39, 0.29) is 0 Å². The fourth-order valence-electron chi connectivity index (χ4n) is 3.03. The van der Waals surface area contributed by atoms with Crippen molar-refractivity contribution in [3.05, 3.63) is 11.2 Å². The molecule has 2 N–H and O–H groups in total. The molecule has 1 aromatic rings. The van der Waals surface area contributed by atoms with E-state index in [4.69, 9.17) is 17.3 Å². The maximum Gasteiger partial charge on any atom is 0.140 e. The molecule has 1 saturated carbocycles. The maximum atomic E-state index is 5.96. The molecule has 0 aromatic carbocycles. The van der Waals surface area contributed by atoms with E-state index in [0.717, 1.165) is 18.8 Å². The highest BCUT2D eigenvalue weighted by Gasteiger charge is 2.33. The first kappa shape index (κ1) is 13.7. The predicted molar refractivity (Wildman–Crippen MR) is 76.7 cm³/mol. The summed E-state index contributed by atoms with van der Waals surface area (Å²) in [5.74, 6) is 1.45. The molecule has 1 aliphatic rings. The van der Waals surface area contributed by atoms with Gasteiger partial charge in [-0.15, -0.1) is 0 Å². The van der Waals surface area contributed by atoms with Gasteiger partial charge < -0.3 is 5.73 Å². The molecule has 18 heavy (non-hydrogen) atoms. The van der Waals surface area contributed by atoms with Crippen LogP contribution in [0.15, 0.2) is 6.20 Å². The van der Waals surface area contributed by atoms with Crippen molar-refractivity contribution in [3.63, 3.8) is 0 Å². The van der Waals surface area contributed by atoms with Crippen molar-refractivity contribution in [1.29, 1.82) is 0 Å². The monoisotopic (exact) mass is 269 g/mol. The van der Waals surface area contributed by atoms with E-state index in [0.29, 0.717) is 22.3 Å².